The fraction of sp³-hybridized carbons (Fsp3) is 0.250. The highest BCUT2D eigenvalue weighted by Gasteiger charge is 2.09. The highest BCUT2D eigenvalue weighted by atomic mass is 79.9. The van der Waals surface area contributed by atoms with E-state index >= 15 is 0 Å². The van der Waals surface area contributed by atoms with Crippen LogP contribution in [-0.2, 0) is 6.54 Å². The van der Waals surface area contributed by atoms with Gasteiger partial charge in [0.05, 0.1) is 5.56 Å². The summed E-state index contributed by atoms with van der Waals surface area (Å²) in [6.07, 6.45) is 1.74. The van der Waals surface area contributed by atoms with Crippen LogP contribution in [-0.4, -0.2) is 15.1 Å². The molecule has 0 aliphatic rings. The van der Waals surface area contributed by atoms with Crippen molar-refractivity contribution < 1.29 is 21.7 Å². The zero-order valence-electron chi connectivity index (χ0n) is 8.50. The van der Waals surface area contributed by atoms with Gasteiger partial charge in [0.1, 0.15) is 11.6 Å². The van der Waals surface area contributed by atoms with Crippen LogP contribution >= 0.6 is 28.3 Å². The Balaban J connectivity index is 0.00000112. The van der Waals surface area contributed by atoms with Gasteiger partial charge < -0.3 is 22.7 Å². The van der Waals surface area contributed by atoms with Crippen molar-refractivity contribution in [2.45, 2.75) is 13.5 Å². The van der Waals surface area contributed by atoms with E-state index in [1.165, 1.54) is 11.3 Å². The highest BCUT2D eigenvalue weighted by molar-refractivity contribution is 8.93. The summed E-state index contributed by atoms with van der Waals surface area (Å²) < 4.78 is 1.80. The normalized spacial score (nSPS) is 9.06. The van der Waals surface area contributed by atoms with Gasteiger partial charge in [-0.2, -0.15) is 0 Å². The quantitative estimate of drug-likeness (QED) is 0.607. The zero-order valence-corrected chi connectivity index (χ0v) is 12.6. The summed E-state index contributed by atoms with van der Waals surface area (Å²) >= 11 is 1.54. The molecule has 2 aromatic rings. The molecule has 2 rings (SSSR count). The molecular weight excluding hydrogens is 358 g/mol. The summed E-state index contributed by atoms with van der Waals surface area (Å²) in [7, 11) is 0. The Bertz CT molecular complexity index is 434. The molecule has 88 valence electrons. The van der Waals surface area contributed by atoms with E-state index in [1.807, 2.05) is 12.4 Å². The van der Waals surface area contributed by atoms with E-state index in [4.69, 9.17) is 5.73 Å². The predicted molar refractivity (Wildman–Crippen MR) is 62.9 cm³/mol. The van der Waals surface area contributed by atoms with Crippen molar-refractivity contribution in [2.75, 3.05) is 5.73 Å². The van der Waals surface area contributed by atoms with Gasteiger partial charge in [0.2, 0.25) is 6.54 Å². The van der Waals surface area contributed by atoms with E-state index in [1.54, 1.807) is 16.4 Å². The summed E-state index contributed by atoms with van der Waals surface area (Å²) in [5.74, 6) is 1.22. The molecule has 0 atom stereocenters. The van der Waals surface area contributed by atoms with E-state index in [9.17, 15) is 0 Å². The van der Waals surface area contributed by atoms with Gasteiger partial charge in [-0.15, -0.1) is 17.0 Å². The van der Waals surface area contributed by atoms with Crippen molar-refractivity contribution in [3.05, 3.63) is 28.6 Å². The summed E-state index contributed by atoms with van der Waals surface area (Å²) in [5.41, 5.74) is 10.3. The molecular formula is C8H11Br2N5S. The van der Waals surface area contributed by atoms with Crippen molar-refractivity contribution in [2.24, 2.45) is 0 Å². The van der Waals surface area contributed by atoms with Crippen LogP contribution in [0.15, 0.2) is 17.2 Å². The lowest BCUT2D eigenvalue weighted by molar-refractivity contribution is -0.740. The molecule has 16 heavy (non-hydrogen) atoms. The van der Waals surface area contributed by atoms with Gasteiger partial charge in [0.25, 0.3) is 5.51 Å². The average Bonchev–Trinajstić information content (AvgIpc) is 2.62. The van der Waals surface area contributed by atoms with Crippen molar-refractivity contribution in [3.63, 3.8) is 0 Å². The first kappa shape index (κ1) is 15.4. The Labute approximate surface area is 118 Å². The average molecular weight is 369 g/mol. The van der Waals surface area contributed by atoms with Gasteiger partial charge >= 0.3 is 0 Å². The van der Waals surface area contributed by atoms with E-state index in [0.29, 0.717) is 18.2 Å². The molecule has 0 aromatic carbocycles. The first-order valence-electron chi connectivity index (χ1n) is 4.11. The first-order valence-corrected chi connectivity index (χ1v) is 5.06. The minimum absolute atomic E-state index is 0. The van der Waals surface area contributed by atoms with Crippen LogP contribution in [0.1, 0.15) is 11.4 Å². The molecule has 2 aromatic heterocycles. The number of nitrogen functional groups attached to an aromatic ring is 1. The number of rotatable bonds is 2. The number of nitrogens with zero attached hydrogens (tertiary/aromatic N) is 4. The molecule has 2 N–H and O–H groups in total. The van der Waals surface area contributed by atoms with Crippen molar-refractivity contribution in [1.82, 2.24) is 15.1 Å². The van der Waals surface area contributed by atoms with Crippen LogP contribution in [0.3, 0.4) is 0 Å². The van der Waals surface area contributed by atoms with E-state index < -0.39 is 0 Å². The van der Waals surface area contributed by atoms with Gasteiger partial charge in [-0.05, 0) is 6.92 Å². The third kappa shape index (κ3) is 3.76. The molecule has 0 radical (unpaired) electrons. The fourth-order valence-corrected chi connectivity index (χ4v) is 1.60. The maximum atomic E-state index is 5.75. The number of nitrogens with two attached hydrogens (primary N) is 1. The number of aryl methyl sites for hydroxylation is 1. The predicted octanol–water partition coefficient (Wildman–Crippen LogP) is -2.26. The second-order valence-corrected chi connectivity index (χ2v) is 3.58. The molecule has 0 aliphatic carbocycles. The Morgan fingerprint density at radius 1 is 1.50 bits per heavy atom. The molecule has 5 nitrogen and oxygen atoms in total. The van der Waals surface area contributed by atoms with Crippen LogP contribution in [0.4, 0.5) is 5.82 Å². The molecule has 0 amide bonds. The van der Waals surface area contributed by atoms with Crippen molar-refractivity contribution >= 4 is 34.1 Å². The Morgan fingerprint density at radius 2 is 2.25 bits per heavy atom. The van der Waals surface area contributed by atoms with Crippen LogP contribution in [0.25, 0.3) is 0 Å². The van der Waals surface area contributed by atoms with Crippen LogP contribution in [0.2, 0.25) is 0 Å². The number of hydrogen-bond acceptors (Lipinski definition) is 5. The Hall–Kier alpha value is -0.600. The van der Waals surface area contributed by atoms with Gasteiger partial charge in [0, 0.05) is 11.3 Å². The second kappa shape index (κ2) is 6.87. The first-order chi connectivity index (χ1) is 6.75. The number of hydrogen-bond donors (Lipinski definition) is 1. The summed E-state index contributed by atoms with van der Waals surface area (Å²) in [5, 5.41) is 4.10. The van der Waals surface area contributed by atoms with Gasteiger partial charge in [-0.1, -0.05) is 16.0 Å². The molecule has 0 aliphatic heterocycles. The monoisotopic (exact) mass is 367 g/mol. The van der Waals surface area contributed by atoms with Crippen LogP contribution in [0, 0.1) is 6.92 Å². The molecule has 0 bridgehead atoms. The SMILES string of the molecule is Br.Cc1ncc(C[n+]2cscn2)c(N)n1.[Br-]. The summed E-state index contributed by atoms with van der Waals surface area (Å²) in [4.78, 5) is 8.17. The molecule has 0 saturated carbocycles. The van der Waals surface area contributed by atoms with E-state index in [0.717, 1.165) is 5.56 Å². The highest BCUT2D eigenvalue weighted by Crippen LogP contribution is 2.05. The fourth-order valence-electron chi connectivity index (χ4n) is 1.10. The van der Waals surface area contributed by atoms with Crippen LogP contribution < -0.4 is 27.4 Å². The number of halogens is 2. The number of aromatic nitrogens is 4. The molecule has 2 heterocycles. The molecule has 8 heteroatoms. The number of anilines is 1. The van der Waals surface area contributed by atoms with Gasteiger partial charge in [-0.25, -0.2) is 9.97 Å². The molecule has 0 fully saturated rings. The minimum atomic E-state index is 0. The molecule has 0 spiro atoms. The van der Waals surface area contributed by atoms with E-state index in [-0.39, 0.29) is 34.0 Å². The summed E-state index contributed by atoms with van der Waals surface area (Å²) in [6.45, 7) is 2.44. The molecule has 0 saturated heterocycles. The standard InChI is InChI=1S/C8H10N5S.2BrH/c1-6-10-2-7(8(9)12-6)3-13-5-14-4-11-13;;/h2,4-5H,3H2,1H3,(H2,9,10,12);2*1H/q+1;;/p-1. The Kier molecular flexibility index (Phi) is 6.61. The third-order valence-electron chi connectivity index (χ3n) is 1.79. The van der Waals surface area contributed by atoms with Gasteiger partial charge in [-0.3, -0.25) is 0 Å². The second-order valence-electron chi connectivity index (χ2n) is 2.89. The van der Waals surface area contributed by atoms with Crippen molar-refractivity contribution in [3.8, 4) is 0 Å². The maximum Gasteiger partial charge on any atom is 0.253 e. The zero-order chi connectivity index (χ0) is 9.97. The summed E-state index contributed by atoms with van der Waals surface area (Å²) in [6, 6.07) is 0. The largest absolute Gasteiger partial charge is 1.00 e. The maximum absolute atomic E-state index is 5.75. The smallest absolute Gasteiger partial charge is 0.253 e. The third-order valence-corrected chi connectivity index (χ3v) is 2.37. The lowest BCUT2D eigenvalue weighted by Crippen LogP contribution is -3.00. The minimum Gasteiger partial charge on any atom is -1.00 e. The molecule has 0 unspecified atom stereocenters. The van der Waals surface area contributed by atoms with Crippen molar-refractivity contribution in [1.29, 1.82) is 0 Å². The van der Waals surface area contributed by atoms with E-state index in [2.05, 4.69) is 15.1 Å². The lowest BCUT2D eigenvalue weighted by Gasteiger charge is -1.99. The Morgan fingerprint density at radius 3 is 2.81 bits per heavy atom. The lowest BCUT2D eigenvalue weighted by atomic mass is 10.3. The van der Waals surface area contributed by atoms with Crippen LogP contribution in [0.5, 0.6) is 0 Å². The topological polar surface area (TPSA) is 68.6 Å². The van der Waals surface area contributed by atoms with Gasteiger partial charge in [0.15, 0.2) is 5.51 Å².